The number of ether oxygens (including phenoxy) is 1. The molecule has 0 radical (unpaired) electrons. The van der Waals surface area contributed by atoms with Gasteiger partial charge in [0, 0.05) is 19.7 Å². The largest absolute Gasteiger partial charge is 0.384 e. The van der Waals surface area contributed by atoms with Crippen LogP contribution in [0.3, 0.4) is 0 Å². The van der Waals surface area contributed by atoms with Crippen molar-refractivity contribution in [1.29, 1.82) is 5.41 Å². The minimum absolute atomic E-state index is 0.0783. The summed E-state index contributed by atoms with van der Waals surface area (Å²) in [7, 11) is 1.69. The van der Waals surface area contributed by atoms with E-state index < -0.39 is 0 Å². The number of anilines is 1. The number of hydrogen-bond donors (Lipinski definition) is 2. The number of nitrogens with zero attached hydrogens (tertiary/aromatic N) is 3. The van der Waals surface area contributed by atoms with E-state index in [1.54, 1.807) is 7.11 Å². The summed E-state index contributed by atoms with van der Waals surface area (Å²) in [6.07, 6.45) is 3.92. The van der Waals surface area contributed by atoms with Crippen LogP contribution in [0.15, 0.2) is 0 Å². The quantitative estimate of drug-likeness (QED) is 0.560. The third-order valence-corrected chi connectivity index (χ3v) is 3.89. The first-order valence-electron chi connectivity index (χ1n) is 7.62. The lowest BCUT2D eigenvalue weighted by Gasteiger charge is -2.26. The predicted molar refractivity (Wildman–Crippen MR) is 84.0 cm³/mol. The summed E-state index contributed by atoms with van der Waals surface area (Å²) in [6.45, 7) is 5.51. The van der Waals surface area contributed by atoms with Gasteiger partial charge in [0.15, 0.2) is 5.82 Å². The fourth-order valence-corrected chi connectivity index (χ4v) is 2.68. The van der Waals surface area contributed by atoms with Crippen molar-refractivity contribution in [2.24, 2.45) is 5.73 Å². The van der Waals surface area contributed by atoms with Crippen molar-refractivity contribution < 1.29 is 4.74 Å². The van der Waals surface area contributed by atoms with Gasteiger partial charge in [-0.3, -0.25) is 5.41 Å². The Bertz CT molecular complexity index is 513. The molecular formula is C15H25N5O. The predicted octanol–water partition coefficient (Wildman–Crippen LogP) is 1.50. The first-order valence-corrected chi connectivity index (χ1v) is 7.62. The van der Waals surface area contributed by atoms with Gasteiger partial charge < -0.3 is 15.4 Å². The second kappa shape index (κ2) is 6.85. The van der Waals surface area contributed by atoms with Gasteiger partial charge in [0.25, 0.3) is 0 Å². The molecule has 1 heterocycles. The fourth-order valence-electron chi connectivity index (χ4n) is 2.68. The monoisotopic (exact) mass is 291 g/mol. The molecule has 1 aliphatic carbocycles. The van der Waals surface area contributed by atoms with E-state index in [1.165, 1.54) is 0 Å². The van der Waals surface area contributed by atoms with Gasteiger partial charge in [-0.15, -0.1) is 5.10 Å². The number of nitrogens with one attached hydrogen (secondary N) is 1. The standard InChI is InChI=1S/C15H25N5O/c1-4-11-12(5-2)18-19-15(13(11)14(16)17)20(8-9-21-3)10-6-7-10/h10H,4-9H2,1-3H3,(H3,16,17). The highest BCUT2D eigenvalue weighted by Gasteiger charge is 2.33. The van der Waals surface area contributed by atoms with E-state index in [-0.39, 0.29) is 5.84 Å². The highest BCUT2D eigenvalue weighted by atomic mass is 16.5. The molecule has 0 aliphatic heterocycles. The summed E-state index contributed by atoms with van der Waals surface area (Å²) in [5.74, 6) is 0.825. The summed E-state index contributed by atoms with van der Waals surface area (Å²) in [5.41, 5.74) is 8.61. The van der Waals surface area contributed by atoms with Crippen molar-refractivity contribution in [3.8, 4) is 0 Å². The Labute approximate surface area is 126 Å². The smallest absolute Gasteiger partial charge is 0.162 e. The van der Waals surface area contributed by atoms with Gasteiger partial charge in [-0.05, 0) is 31.2 Å². The second-order valence-electron chi connectivity index (χ2n) is 5.36. The van der Waals surface area contributed by atoms with Crippen LogP contribution in [0.25, 0.3) is 0 Å². The Kier molecular flexibility index (Phi) is 5.12. The number of aromatic nitrogens is 2. The first kappa shape index (κ1) is 15.7. The van der Waals surface area contributed by atoms with Crippen LogP contribution >= 0.6 is 0 Å². The zero-order chi connectivity index (χ0) is 15.4. The molecule has 0 bridgehead atoms. The molecule has 1 aromatic heterocycles. The topological polar surface area (TPSA) is 88.1 Å². The van der Waals surface area contributed by atoms with Crippen molar-refractivity contribution in [3.05, 3.63) is 16.8 Å². The molecule has 2 rings (SSSR count). The highest BCUT2D eigenvalue weighted by Crippen LogP contribution is 2.33. The van der Waals surface area contributed by atoms with Crippen LogP contribution in [0.4, 0.5) is 5.82 Å². The van der Waals surface area contributed by atoms with Crippen molar-refractivity contribution in [2.45, 2.75) is 45.6 Å². The molecule has 21 heavy (non-hydrogen) atoms. The molecule has 0 amide bonds. The minimum atomic E-state index is 0.0783. The van der Waals surface area contributed by atoms with Crippen molar-refractivity contribution in [2.75, 3.05) is 25.2 Å². The molecule has 0 atom stereocenters. The summed E-state index contributed by atoms with van der Waals surface area (Å²) in [6, 6.07) is 0.477. The summed E-state index contributed by atoms with van der Waals surface area (Å²) in [5, 5.41) is 16.7. The summed E-state index contributed by atoms with van der Waals surface area (Å²) in [4.78, 5) is 2.20. The Morgan fingerprint density at radius 1 is 1.33 bits per heavy atom. The summed E-state index contributed by atoms with van der Waals surface area (Å²) < 4.78 is 5.20. The minimum Gasteiger partial charge on any atom is -0.384 e. The number of hydrogen-bond acceptors (Lipinski definition) is 5. The summed E-state index contributed by atoms with van der Waals surface area (Å²) >= 11 is 0. The third-order valence-electron chi connectivity index (χ3n) is 3.89. The number of rotatable bonds is 8. The van der Waals surface area contributed by atoms with Crippen LogP contribution in [-0.4, -0.2) is 42.3 Å². The van der Waals surface area contributed by atoms with E-state index in [4.69, 9.17) is 15.9 Å². The fraction of sp³-hybridized carbons (Fsp3) is 0.667. The number of nitrogen functional groups attached to an aromatic ring is 1. The van der Waals surface area contributed by atoms with E-state index in [1.807, 2.05) is 0 Å². The maximum absolute atomic E-state index is 7.98. The molecular weight excluding hydrogens is 266 g/mol. The van der Waals surface area contributed by atoms with Gasteiger partial charge in [-0.25, -0.2) is 0 Å². The van der Waals surface area contributed by atoms with Gasteiger partial charge in [0.05, 0.1) is 17.9 Å². The molecule has 3 N–H and O–H groups in total. The Hall–Kier alpha value is -1.69. The molecule has 1 aromatic rings. The molecule has 0 spiro atoms. The molecule has 1 fully saturated rings. The zero-order valence-electron chi connectivity index (χ0n) is 13.1. The van der Waals surface area contributed by atoms with E-state index in [9.17, 15) is 0 Å². The van der Waals surface area contributed by atoms with Crippen LogP contribution in [0, 0.1) is 5.41 Å². The van der Waals surface area contributed by atoms with Gasteiger partial charge >= 0.3 is 0 Å². The van der Waals surface area contributed by atoms with Crippen LogP contribution in [0.2, 0.25) is 0 Å². The van der Waals surface area contributed by atoms with Crippen molar-refractivity contribution in [1.82, 2.24) is 10.2 Å². The molecule has 1 saturated carbocycles. The zero-order valence-corrected chi connectivity index (χ0v) is 13.1. The lowest BCUT2D eigenvalue weighted by Crippen LogP contribution is -2.34. The lowest BCUT2D eigenvalue weighted by molar-refractivity contribution is 0.204. The van der Waals surface area contributed by atoms with Crippen LogP contribution < -0.4 is 10.6 Å². The van der Waals surface area contributed by atoms with E-state index in [0.717, 1.165) is 54.9 Å². The van der Waals surface area contributed by atoms with Crippen LogP contribution in [0.1, 0.15) is 43.5 Å². The Balaban J connectivity index is 2.47. The molecule has 0 saturated heterocycles. The van der Waals surface area contributed by atoms with Crippen LogP contribution in [0.5, 0.6) is 0 Å². The lowest BCUT2D eigenvalue weighted by atomic mass is 10.0. The average Bonchev–Trinajstić information content (AvgIpc) is 3.31. The van der Waals surface area contributed by atoms with Gasteiger partial charge in [-0.1, -0.05) is 13.8 Å². The number of nitrogens with two attached hydrogens (primary N) is 1. The third kappa shape index (κ3) is 3.32. The maximum Gasteiger partial charge on any atom is 0.162 e. The van der Waals surface area contributed by atoms with E-state index in [2.05, 4.69) is 28.9 Å². The van der Waals surface area contributed by atoms with Gasteiger partial charge in [0.1, 0.15) is 5.84 Å². The van der Waals surface area contributed by atoms with Gasteiger partial charge in [0.2, 0.25) is 0 Å². The van der Waals surface area contributed by atoms with Crippen molar-refractivity contribution >= 4 is 11.7 Å². The highest BCUT2D eigenvalue weighted by molar-refractivity contribution is 6.01. The second-order valence-corrected chi connectivity index (χ2v) is 5.36. The molecule has 0 unspecified atom stereocenters. The normalized spacial score (nSPS) is 14.2. The SMILES string of the molecule is CCc1nnc(N(CCOC)C2CC2)c(C(=N)N)c1CC. The van der Waals surface area contributed by atoms with Gasteiger partial charge in [-0.2, -0.15) is 5.10 Å². The Morgan fingerprint density at radius 3 is 2.52 bits per heavy atom. The number of methoxy groups -OCH3 is 1. The molecule has 0 aromatic carbocycles. The first-order chi connectivity index (χ1) is 10.1. The molecule has 6 nitrogen and oxygen atoms in total. The average molecular weight is 291 g/mol. The molecule has 116 valence electrons. The van der Waals surface area contributed by atoms with Crippen molar-refractivity contribution in [3.63, 3.8) is 0 Å². The molecule has 1 aliphatic rings. The molecule has 6 heteroatoms. The van der Waals surface area contributed by atoms with E-state index in [0.29, 0.717) is 12.6 Å². The maximum atomic E-state index is 7.98. The Morgan fingerprint density at radius 2 is 2.05 bits per heavy atom. The van der Waals surface area contributed by atoms with Crippen LogP contribution in [-0.2, 0) is 17.6 Å². The van der Waals surface area contributed by atoms with E-state index >= 15 is 0 Å². The number of amidine groups is 1. The number of aryl methyl sites for hydroxylation is 1.